The van der Waals surface area contributed by atoms with Crippen molar-refractivity contribution in [1.29, 1.82) is 0 Å². The molecule has 0 bridgehead atoms. The van der Waals surface area contributed by atoms with E-state index in [2.05, 4.69) is 20.3 Å². The molecular formula is C25H25FN6O5. The number of fused-ring (bicyclic) bond motifs is 1. The fourth-order valence-electron chi connectivity index (χ4n) is 4.22. The number of hydrogen-bond acceptors (Lipinski definition) is 9. The van der Waals surface area contributed by atoms with Crippen molar-refractivity contribution in [3.8, 4) is 0 Å². The number of aliphatic hydroxyl groups excluding tert-OH is 2. The van der Waals surface area contributed by atoms with Crippen molar-refractivity contribution in [1.82, 2.24) is 19.5 Å². The number of para-hydroxylation sites is 1. The number of halogens is 1. The first-order chi connectivity index (χ1) is 17.9. The first-order valence-corrected chi connectivity index (χ1v) is 11.5. The third-order valence-electron chi connectivity index (χ3n) is 6.02. The highest BCUT2D eigenvalue weighted by Crippen LogP contribution is 2.33. The van der Waals surface area contributed by atoms with E-state index < -0.39 is 30.6 Å². The molecule has 3 N–H and O–H groups in total. The van der Waals surface area contributed by atoms with Crippen LogP contribution >= 0.6 is 0 Å². The van der Waals surface area contributed by atoms with Gasteiger partial charge in [0.25, 0.3) is 0 Å². The van der Waals surface area contributed by atoms with Gasteiger partial charge in [-0.15, -0.1) is 0 Å². The van der Waals surface area contributed by atoms with Gasteiger partial charge in [0.15, 0.2) is 23.2 Å². The third-order valence-corrected chi connectivity index (χ3v) is 6.02. The Morgan fingerprint density at radius 3 is 2.73 bits per heavy atom. The van der Waals surface area contributed by atoms with Crippen LogP contribution in [0.5, 0.6) is 0 Å². The largest absolute Gasteiger partial charge is 0.446 e. The van der Waals surface area contributed by atoms with Crippen LogP contribution < -0.4 is 10.2 Å². The van der Waals surface area contributed by atoms with Gasteiger partial charge in [0.2, 0.25) is 0 Å². The number of benzene rings is 2. The van der Waals surface area contributed by atoms with Gasteiger partial charge in [-0.25, -0.2) is 24.1 Å². The van der Waals surface area contributed by atoms with Gasteiger partial charge in [-0.3, -0.25) is 9.88 Å². The van der Waals surface area contributed by atoms with Gasteiger partial charge < -0.3 is 24.6 Å². The zero-order valence-corrected chi connectivity index (χ0v) is 19.8. The Morgan fingerprint density at radius 2 is 1.95 bits per heavy atom. The van der Waals surface area contributed by atoms with E-state index in [0.717, 1.165) is 5.56 Å². The topological polar surface area (TPSA) is 135 Å². The molecule has 1 saturated heterocycles. The summed E-state index contributed by atoms with van der Waals surface area (Å²) in [5.41, 5.74) is 2.12. The molecule has 0 spiro atoms. The van der Waals surface area contributed by atoms with Crippen molar-refractivity contribution in [2.24, 2.45) is 0 Å². The summed E-state index contributed by atoms with van der Waals surface area (Å²) in [7, 11) is 1.80. The Hall–Kier alpha value is -4.13. The quantitative estimate of drug-likeness (QED) is 0.344. The van der Waals surface area contributed by atoms with Crippen molar-refractivity contribution in [2.75, 3.05) is 23.9 Å². The smallest absolute Gasteiger partial charge is 0.411 e. The molecule has 3 heterocycles. The van der Waals surface area contributed by atoms with Crippen LogP contribution in [-0.4, -0.2) is 67.8 Å². The van der Waals surface area contributed by atoms with Gasteiger partial charge in [-0.05, 0) is 29.8 Å². The van der Waals surface area contributed by atoms with Gasteiger partial charge in [-0.2, -0.15) is 0 Å². The molecule has 1 aliphatic heterocycles. The molecular weight excluding hydrogens is 483 g/mol. The fourth-order valence-corrected chi connectivity index (χ4v) is 4.22. The summed E-state index contributed by atoms with van der Waals surface area (Å²) in [6.45, 7) is 0.0963. The second-order valence-corrected chi connectivity index (χ2v) is 8.64. The summed E-state index contributed by atoms with van der Waals surface area (Å²) in [6.07, 6.45) is -2.57. The average molecular weight is 509 g/mol. The zero-order valence-electron chi connectivity index (χ0n) is 19.8. The number of nitrogens with zero attached hydrogens (tertiary/aromatic N) is 5. The third kappa shape index (κ3) is 5.21. The Kier molecular flexibility index (Phi) is 6.95. The van der Waals surface area contributed by atoms with Crippen LogP contribution in [0.4, 0.5) is 20.7 Å². The Labute approximate surface area is 211 Å². The molecule has 1 fully saturated rings. The van der Waals surface area contributed by atoms with Crippen LogP contribution in [0.1, 0.15) is 11.8 Å². The van der Waals surface area contributed by atoms with Crippen LogP contribution in [-0.2, 0) is 16.0 Å². The molecule has 0 saturated carbocycles. The Morgan fingerprint density at radius 1 is 1.14 bits per heavy atom. The highest BCUT2D eigenvalue weighted by Gasteiger charge is 2.45. The number of carbonyl (C=O) groups excluding carboxylic acids is 1. The summed E-state index contributed by atoms with van der Waals surface area (Å²) in [4.78, 5) is 26.9. The number of amides is 1. The number of carbonyl (C=O) groups is 1. The van der Waals surface area contributed by atoms with E-state index in [1.807, 2.05) is 12.1 Å². The number of anilines is 2. The average Bonchev–Trinajstić information content (AvgIpc) is 3.44. The van der Waals surface area contributed by atoms with Crippen LogP contribution in [0.15, 0.2) is 67.3 Å². The van der Waals surface area contributed by atoms with E-state index in [-0.39, 0.29) is 12.4 Å². The lowest BCUT2D eigenvalue weighted by molar-refractivity contribution is -0.0522. The normalized spacial score (nSPS) is 21.2. The number of nitrogens with one attached hydrogen (secondary N) is 1. The molecule has 12 heteroatoms. The Bertz CT molecular complexity index is 1390. The van der Waals surface area contributed by atoms with Gasteiger partial charge in [0.1, 0.15) is 37.1 Å². The molecule has 2 aromatic heterocycles. The monoisotopic (exact) mass is 508 g/mol. The summed E-state index contributed by atoms with van der Waals surface area (Å²) in [5.74, 6) is 0.170. The lowest BCUT2D eigenvalue weighted by Crippen LogP contribution is -2.34. The summed E-state index contributed by atoms with van der Waals surface area (Å²) in [6, 6.07) is 15.0. The van der Waals surface area contributed by atoms with E-state index in [9.17, 15) is 19.4 Å². The van der Waals surface area contributed by atoms with Crippen molar-refractivity contribution < 1.29 is 28.9 Å². The number of ether oxygens (including phenoxy) is 2. The molecule has 0 radical (unpaired) electrons. The van der Waals surface area contributed by atoms with Crippen molar-refractivity contribution >= 4 is 28.8 Å². The predicted molar refractivity (Wildman–Crippen MR) is 131 cm³/mol. The zero-order chi connectivity index (χ0) is 25.9. The lowest BCUT2D eigenvalue weighted by atomic mass is 10.1. The predicted octanol–water partition coefficient (Wildman–Crippen LogP) is 2.47. The first-order valence-electron chi connectivity index (χ1n) is 11.5. The van der Waals surface area contributed by atoms with E-state index in [0.29, 0.717) is 29.2 Å². The maximum Gasteiger partial charge on any atom is 0.411 e. The van der Waals surface area contributed by atoms with Gasteiger partial charge >= 0.3 is 6.09 Å². The number of rotatable bonds is 7. The summed E-state index contributed by atoms with van der Waals surface area (Å²) < 4.78 is 26.1. The molecule has 0 aliphatic carbocycles. The summed E-state index contributed by atoms with van der Waals surface area (Å²) >= 11 is 0. The fraction of sp³-hybridized carbons (Fsp3) is 0.280. The van der Waals surface area contributed by atoms with Gasteiger partial charge in [0, 0.05) is 19.3 Å². The Balaban J connectivity index is 1.29. The van der Waals surface area contributed by atoms with Crippen LogP contribution in [0.25, 0.3) is 11.2 Å². The van der Waals surface area contributed by atoms with Crippen molar-refractivity contribution in [3.63, 3.8) is 0 Å². The molecule has 1 aliphatic rings. The second kappa shape index (κ2) is 10.5. The van der Waals surface area contributed by atoms with Gasteiger partial charge in [0.05, 0.1) is 6.33 Å². The van der Waals surface area contributed by atoms with Crippen LogP contribution in [0, 0.1) is 5.82 Å². The molecule has 192 valence electrons. The highest BCUT2D eigenvalue weighted by atomic mass is 19.1. The van der Waals surface area contributed by atoms with Crippen LogP contribution in [0.2, 0.25) is 0 Å². The molecule has 4 atom stereocenters. The SMILES string of the molecule is CN(Cc1cccc(F)c1)c1ncnc2c1ncn2[C@@H]1O[C@H](COC(=O)Nc2ccccc2)[C@@H](O)[C@H]1O. The molecule has 11 nitrogen and oxygen atoms in total. The minimum Gasteiger partial charge on any atom is -0.446 e. The van der Waals surface area contributed by atoms with E-state index in [1.54, 1.807) is 42.3 Å². The van der Waals surface area contributed by atoms with Crippen molar-refractivity contribution in [3.05, 3.63) is 78.6 Å². The molecule has 0 unspecified atom stereocenters. The maximum atomic E-state index is 13.6. The molecule has 5 rings (SSSR count). The molecule has 2 aromatic carbocycles. The minimum absolute atomic E-state index is 0.281. The maximum absolute atomic E-state index is 13.6. The van der Waals surface area contributed by atoms with E-state index in [4.69, 9.17) is 9.47 Å². The van der Waals surface area contributed by atoms with E-state index in [1.165, 1.54) is 29.4 Å². The first kappa shape index (κ1) is 24.6. The number of hydrogen-bond donors (Lipinski definition) is 3. The minimum atomic E-state index is -1.33. The molecule has 37 heavy (non-hydrogen) atoms. The lowest BCUT2D eigenvalue weighted by Gasteiger charge is -2.19. The second-order valence-electron chi connectivity index (χ2n) is 8.64. The number of aliphatic hydroxyl groups is 2. The standard InChI is InChI=1S/C25H25FN6O5/c1-31(11-15-6-5-7-16(26)10-15)22-19-23(28-13-27-22)32(14-29-19)24-21(34)20(33)18(37-24)12-36-25(35)30-17-8-3-2-4-9-17/h2-10,13-14,18,20-21,24,33-34H,11-12H2,1H3,(H,30,35)/t18-,20-,21-,24-/m1/s1. The summed E-state index contributed by atoms with van der Waals surface area (Å²) in [5, 5.41) is 23.8. The number of imidazole rings is 1. The van der Waals surface area contributed by atoms with E-state index >= 15 is 0 Å². The molecule has 1 amide bonds. The van der Waals surface area contributed by atoms with Gasteiger partial charge in [-0.1, -0.05) is 30.3 Å². The molecule has 4 aromatic rings. The van der Waals surface area contributed by atoms with Crippen LogP contribution in [0.3, 0.4) is 0 Å². The van der Waals surface area contributed by atoms with Crippen molar-refractivity contribution in [2.45, 2.75) is 31.1 Å². The number of aromatic nitrogens is 4. The highest BCUT2D eigenvalue weighted by molar-refractivity contribution is 5.84.